The van der Waals surface area contributed by atoms with Gasteiger partial charge >= 0.3 is 0 Å². The molecular formula is C15H19Cl2NO. The molecule has 1 heterocycles. The van der Waals surface area contributed by atoms with Crippen LogP contribution in [0.25, 0.3) is 0 Å². The zero-order valence-corrected chi connectivity index (χ0v) is 12.3. The Morgan fingerprint density at radius 2 is 1.84 bits per heavy atom. The second-order valence-electron chi connectivity index (χ2n) is 5.82. The number of benzene rings is 1. The number of aliphatic hydroxyl groups excluding tert-OH is 1. The van der Waals surface area contributed by atoms with E-state index in [2.05, 4.69) is 11.4 Å². The van der Waals surface area contributed by atoms with Crippen LogP contribution in [0.1, 0.15) is 31.2 Å². The molecule has 0 aromatic heterocycles. The van der Waals surface area contributed by atoms with Crippen LogP contribution in [0.15, 0.2) is 18.2 Å². The topological polar surface area (TPSA) is 32.3 Å². The van der Waals surface area contributed by atoms with Crippen LogP contribution in [0.2, 0.25) is 10.0 Å². The van der Waals surface area contributed by atoms with Crippen LogP contribution in [-0.4, -0.2) is 24.3 Å². The Kier molecular flexibility index (Phi) is 3.78. The smallest absolute Gasteiger partial charge is 0.0713 e. The lowest BCUT2D eigenvalue weighted by Crippen LogP contribution is -2.39. The molecule has 104 valence electrons. The Morgan fingerprint density at radius 3 is 2.42 bits per heavy atom. The Balaban J connectivity index is 2.02. The third kappa shape index (κ3) is 2.29. The number of halogens is 2. The van der Waals surface area contributed by atoms with Crippen molar-refractivity contribution in [1.82, 2.24) is 5.32 Å². The number of aliphatic hydroxyl groups is 1. The van der Waals surface area contributed by atoms with Gasteiger partial charge in [-0.05, 0) is 30.5 Å². The van der Waals surface area contributed by atoms with E-state index in [4.69, 9.17) is 23.2 Å². The molecule has 1 aliphatic heterocycles. The van der Waals surface area contributed by atoms with Crippen LogP contribution >= 0.6 is 23.2 Å². The predicted molar refractivity (Wildman–Crippen MR) is 79.0 cm³/mol. The lowest BCUT2D eigenvalue weighted by molar-refractivity contribution is 0.0960. The minimum Gasteiger partial charge on any atom is -0.391 e. The Labute approximate surface area is 124 Å². The summed E-state index contributed by atoms with van der Waals surface area (Å²) in [7, 11) is 0. The zero-order valence-electron chi connectivity index (χ0n) is 10.8. The molecule has 0 amide bonds. The fraction of sp³-hybridized carbons (Fsp3) is 0.600. The zero-order chi connectivity index (χ0) is 13.5. The average Bonchev–Trinajstić information content (AvgIpc) is 3.02. The van der Waals surface area contributed by atoms with Gasteiger partial charge in [0.05, 0.1) is 16.1 Å². The van der Waals surface area contributed by atoms with Crippen molar-refractivity contribution in [3.8, 4) is 0 Å². The van der Waals surface area contributed by atoms with Gasteiger partial charge in [0.1, 0.15) is 0 Å². The maximum absolute atomic E-state index is 10.3. The van der Waals surface area contributed by atoms with E-state index in [9.17, 15) is 5.11 Å². The van der Waals surface area contributed by atoms with E-state index in [1.807, 2.05) is 12.1 Å². The molecule has 1 saturated carbocycles. The molecule has 2 unspecified atom stereocenters. The maximum Gasteiger partial charge on any atom is 0.0713 e. The first kappa shape index (κ1) is 13.7. The van der Waals surface area contributed by atoms with E-state index < -0.39 is 0 Å². The first-order valence-corrected chi connectivity index (χ1v) is 7.73. The normalized spacial score (nSPS) is 29.8. The lowest BCUT2D eigenvalue weighted by atomic mass is 9.67. The standard InChI is InChI=1S/C15H19Cl2NO/c16-12-4-3-10(7-13(12)17)15(5-1-2-6-15)11-8-18-9-14(11)19/h3-4,7,11,14,18-19H,1-2,5-6,8-9H2. The van der Waals surface area contributed by atoms with Crippen molar-refractivity contribution in [2.24, 2.45) is 5.92 Å². The van der Waals surface area contributed by atoms with Crippen LogP contribution < -0.4 is 5.32 Å². The van der Waals surface area contributed by atoms with Gasteiger partial charge in [-0.3, -0.25) is 0 Å². The van der Waals surface area contributed by atoms with E-state index in [-0.39, 0.29) is 17.4 Å². The highest BCUT2D eigenvalue weighted by molar-refractivity contribution is 6.42. The number of nitrogens with one attached hydrogen (secondary N) is 1. The largest absolute Gasteiger partial charge is 0.391 e. The molecule has 1 aliphatic carbocycles. The minimum atomic E-state index is -0.257. The van der Waals surface area contributed by atoms with Gasteiger partial charge in [-0.15, -0.1) is 0 Å². The summed E-state index contributed by atoms with van der Waals surface area (Å²) >= 11 is 12.2. The third-order valence-corrected chi connectivity index (χ3v) is 5.62. The molecule has 2 fully saturated rings. The van der Waals surface area contributed by atoms with Crippen molar-refractivity contribution in [1.29, 1.82) is 0 Å². The number of β-amino-alcohol motifs (C(OH)–C–C–N with tert-alkyl or cyclic N) is 1. The van der Waals surface area contributed by atoms with E-state index in [1.54, 1.807) is 0 Å². The fourth-order valence-corrected chi connectivity index (χ4v) is 4.21. The Hall–Kier alpha value is -0.280. The van der Waals surface area contributed by atoms with E-state index >= 15 is 0 Å². The van der Waals surface area contributed by atoms with Crippen LogP contribution in [0.5, 0.6) is 0 Å². The van der Waals surface area contributed by atoms with Crippen molar-refractivity contribution in [3.63, 3.8) is 0 Å². The number of hydrogen-bond acceptors (Lipinski definition) is 2. The minimum absolute atomic E-state index is 0.0666. The molecule has 19 heavy (non-hydrogen) atoms. The fourth-order valence-electron chi connectivity index (χ4n) is 3.91. The molecule has 1 saturated heterocycles. The summed E-state index contributed by atoms with van der Waals surface area (Å²) in [5.41, 5.74) is 1.31. The Bertz CT molecular complexity index is 471. The van der Waals surface area contributed by atoms with Gasteiger partial charge in [-0.25, -0.2) is 0 Å². The Morgan fingerprint density at radius 1 is 1.11 bits per heavy atom. The second kappa shape index (κ2) is 5.25. The SMILES string of the molecule is OC1CNCC1C1(c2ccc(Cl)c(Cl)c2)CCCC1. The van der Waals surface area contributed by atoms with Crippen molar-refractivity contribution in [3.05, 3.63) is 33.8 Å². The van der Waals surface area contributed by atoms with Crippen LogP contribution in [-0.2, 0) is 5.41 Å². The summed E-state index contributed by atoms with van der Waals surface area (Å²) in [6.45, 7) is 1.59. The molecule has 4 heteroatoms. The predicted octanol–water partition coefficient (Wildman–Crippen LogP) is 3.39. The van der Waals surface area contributed by atoms with Crippen molar-refractivity contribution >= 4 is 23.2 Å². The first-order chi connectivity index (χ1) is 9.13. The molecule has 0 bridgehead atoms. The van der Waals surface area contributed by atoms with Gasteiger partial charge in [-0.1, -0.05) is 42.1 Å². The summed E-state index contributed by atoms with van der Waals surface area (Å²) in [5, 5.41) is 14.8. The molecular weight excluding hydrogens is 281 g/mol. The molecule has 2 N–H and O–H groups in total. The van der Waals surface area contributed by atoms with Gasteiger partial charge < -0.3 is 10.4 Å². The molecule has 1 aromatic carbocycles. The summed E-state index contributed by atoms with van der Waals surface area (Å²) < 4.78 is 0. The van der Waals surface area contributed by atoms with E-state index in [0.717, 1.165) is 19.4 Å². The van der Waals surface area contributed by atoms with Crippen LogP contribution in [0.4, 0.5) is 0 Å². The van der Waals surface area contributed by atoms with Crippen LogP contribution in [0.3, 0.4) is 0 Å². The van der Waals surface area contributed by atoms with Crippen molar-refractivity contribution in [2.45, 2.75) is 37.2 Å². The molecule has 2 nitrogen and oxygen atoms in total. The average molecular weight is 300 g/mol. The number of hydrogen-bond donors (Lipinski definition) is 2. The quantitative estimate of drug-likeness (QED) is 0.877. The van der Waals surface area contributed by atoms with Gasteiger partial charge in [0, 0.05) is 24.4 Å². The summed E-state index contributed by atoms with van der Waals surface area (Å²) in [5.74, 6) is 0.284. The first-order valence-electron chi connectivity index (χ1n) is 6.98. The highest BCUT2D eigenvalue weighted by Gasteiger charge is 2.47. The van der Waals surface area contributed by atoms with Gasteiger partial charge in [-0.2, -0.15) is 0 Å². The molecule has 0 spiro atoms. The van der Waals surface area contributed by atoms with Gasteiger partial charge in [0.15, 0.2) is 0 Å². The third-order valence-electron chi connectivity index (χ3n) is 4.88. The molecule has 3 rings (SSSR count). The number of rotatable bonds is 2. The second-order valence-corrected chi connectivity index (χ2v) is 6.64. The molecule has 1 aromatic rings. The van der Waals surface area contributed by atoms with Gasteiger partial charge in [0.2, 0.25) is 0 Å². The summed E-state index contributed by atoms with van der Waals surface area (Å²) in [6, 6.07) is 5.97. The van der Waals surface area contributed by atoms with Crippen molar-refractivity contribution in [2.75, 3.05) is 13.1 Å². The monoisotopic (exact) mass is 299 g/mol. The lowest BCUT2D eigenvalue weighted by Gasteiger charge is -2.37. The summed E-state index contributed by atoms with van der Waals surface area (Å²) in [4.78, 5) is 0. The van der Waals surface area contributed by atoms with Gasteiger partial charge in [0.25, 0.3) is 0 Å². The van der Waals surface area contributed by atoms with E-state index in [1.165, 1.54) is 18.4 Å². The maximum atomic E-state index is 10.3. The molecule has 0 radical (unpaired) electrons. The van der Waals surface area contributed by atoms with E-state index in [0.29, 0.717) is 16.6 Å². The molecule has 2 aliphatic rings. The highest BCUT2D eigenvalue weighted by Crippen LogP contribution is 2.49. The highest BCUT2D eigenvalue weighted by atomic mass is 35.5. The van der Waals surface area contributed by atoms with Crippen LogP contribution in [0, 0.1) is 5.92 Å². The molecule has 2 atom stereocenters. The van der Waals surface area contributed by atoms with Crippen molar-refractivity contribution < 1.29 is 5.11 Å². The summed E-state index contributed by atoms with van der Waals surface area (Å²) in [6.07, 6.45) is 4.46.